The Balaban J connectivity index is 0. The first-order valence-electron chi connectivity index (χ1n) is 5.12. The minimum Gasteiger partial charge on any atom is -0.0649 e. The highest BCUT2D eigenvalue weighted by Crippen LogP contribution is 2.22. The van der Waals surface area contributed by atoms with Crippen molar-refractivity contribution in [2.45, 2.75) is 68.2 Å². The lowest BCUT2D eigenvalue weighted by Crippen LogP contribution is -2.05. The fourth-order valence-corrected chi connectivity index (χ4v) is 0.250. The normalized spacial score (nSPS) is 12.0. The van der Waals surface area contributed by atoms with Gasteiger partial charge in [0.1, 0.15) is 0 Å². The molecule has 0 amide bonds. The average molecular weight is 172 g/mol. The van der Waals surface area contributed by atoms with Gasteiger partial charge in [0.05, 0.1) is 0 Å². The van der Waals surface area contributed by atoms with Crippen LogP contribution < -0.4 is 0 Å². The summed E-state index contributed by atoms with van der Waals surface area (Å²) in [6.45, 7) is 17.8. The van der Waals surface area contributed by atoms with Crippen LogP contribution in [0, 0.1) is 10.8 Å². The third kappa shape index (κ3) is 22.5. The third-order valence-corrected chi connectivity index (χ3v) is 1.91. The second-order valence-electron chi connectivity index (χ2n) is 5.87. The summed E-state index contributed by atoms with van der Waals surface area (Å²) < 4.78 is 0. The van der Waals surface area contributed by atoms with Gasteiger partial charge in [0, 0.05) is 0 Å². The van der Waals surface area contributed by atoms with Crippen molar-refractivity contribution >= 4 is 0 Å². The standard InChI is InChI=1S/C7H16.C5H12/c1-5-7(3,4)6-2;1-5(2,3)4/h5-6H2,1-4H3;1-4H3. The molecule has 0 nitrogen and oxygen atoms in total. The van der Waals surface area contributed by atoms with E-state index < -0.39 is 0 Å². The molecule has 0 saturated heterocycles. The lowest BCUT2D eigenvalue weighted by atomic mass is 9.88. The summed E-state index contributed by atoms with van der Waals surface area (Å²) in [4.78, 5) is 0. The van der Waals surface area contributed by atoms with Gasteiger partial charge in [-0.25, -0.2) is 0 Å². The van der Waals surface area contributed by atoms with Crippen molar-refractivity contribution in [1.29, 1.82) is 0 Å². The highest BCUT2D eigenvalue weighted by atomic mass is 14.1. The highest BCUT2D eigenvalue weighted by Gasteiger charge is 2.09. The average Bonchev–Trinajstić information content (AvgIpc) is 1.85. The van der Waals surface area contributed by atoms with Crippen LogP contribution in [-0.4, -0.2) is 0 Å². The topological polar surface area (TPSA) is 0 Å². The Morgan fingerprint density at radius 3 is 0.833 bits per heavy atom. The summed E-state index contributed by atoms with van der Waals surface area (Å²) >= 11 is 0. The van der Waals surface area contributed by atoms with Gasteiger partial charge < -0.3 is 0 Å². The van der Waals surface area contributed by atoms with E-state index in [4.69, 9.17) is 0 Å². The molecule has 0 aliphatic carbocycles. The Morgan fingerprint density at radius 2 is 0.833 bits per heavy atom. The van der Waals surface area contributed by atoms with Gasteiger partial charge in [0.2, 0.25) is 0 Å². The quantitative estimate of drug-likeness (QED) is 0.556. The molecule has 0 heteroatoms. The Labute approximate surface area is 79.8 Å². The molecule has 0 saturated carbocycles. The molecule has 0 radical (unpaired) electrons. The molecule has 0 N–H and O–H groups in total. The van der Waals surface area contributed by atoms with Crippen LogP contribution in [0.3, 0.4) is 0 Å². The maximum absolute atomic E-state index is 2.30. The van der Waals surface area contributed by atoms with Gasteiger partial charge in [-0.1, -0.05) is 68.2 Å². The van der Waals surface area contributed by atoms with Crippen LogP contribution in [0.2, 0.25) is 0 Å². The zero-order valence-electron chi connectivity index (χ0n) is 10.4. The fourth-order valence-electron chi connectivity index (χ4n) is 0.250. The Morgan fingerprint density at radius 1 is 0.667 bits per heavy atom. The molecule has 0 unspecified atom stereocenters. The van der Waals surface area contributed by atoms with Gasteiger partial charge >= 0.3 is 0 Å². The van der Waals surface area contributed by atoms with E-state index in [0.29, 0.717) is 10.8 Å². The Hall–Kier alpha value is 0. The molecule has 0 spiro atoms. The van der Waals surface area contributed by atoms with Crippen molar-refractivity contribution in [2.75, 3.05) is 0 Å². The van der Waals surface area contributed by atoms with Crippen LogP contribution >= 0.6 is 0 Å². The first kappa shape index (κ1) is 14.5. The molecule has 0 heterocycles. The summed E-state index contributed by atoms with van der Waals surface area (Å²) in [6, 6.07) is 0. The summed E-state index contributed by atoms with van der Waals surface area (Å²) in [7, 11) is 0. The summed E-state index contributed by atoms with van der Waals surface area (Å²) in [5, 5.41) is 0. The van der Waals surface area contributed by atoms with E-state index >= 15 is 0 Å². The third-order valence-electron chi connectivity index (χ3n) is 1.91. The first-order valence-corrected chi connectivity index (χ1v) is 5.12. The van der Waals surface area contributed by atoms with E-state index in [9.17, 15) is 0 Å². The second-order valence-corrected chi connectivity index (χ2v) is 5.87. The minimum atomic E-state index is 0.500. The molecule has 0 aromatic heterocycles. The summed E-state index contributed by atoms with van der Waals surface area (Å²) in [5.74, 6) is 0. The molecule has 76 valence electrons. The predicted octanol–water partition coefficient (Wildman–Crippen LogP) is 4.89. The Kier molecular flexibility index (Phi) is 6.79. The van der Waals surface area contributed by atoms with E-state index in [1.54, 1.807) is 0 Å². The van der Waals surface area contributed by atoms with Gasteiger partial charge in [-0.15, -0.1) is 0 Å². The highest BCUT2D eigenvalue weighted by molar-refractivity contribution is 4.61. The van der Waals surface area contributed by atoms with E-state index in [1.165, 1.54) is 12.8 Å². The van der Waals surface area contributed by atoms with Crippen molar-refractivity contribution in [3.63, 3.8) is 0 Å². The maximum Gasteiger partial charge on any atom is -0.0359 e. The molecule has 0 bridgehead atoms. The van der Waals surface area contributed by atoms with Crippen LogP contribution in [-0.2, 0) is 0 Å². The van der Waals surface area contributed by atoms with Crippen molar-refractivity contribution in [1.82, 2.24) is 0 Å². The van der Waals surface area contributed by atoms with E-state index in [-0.39, 0.29) is 0 Å². The molecule has 0 aromatic carbocycles. The molecule has 12 heavy (non-hydrogen) atoms. The second kappa shape index (κ2) is 5.61. The molecule has 0 aromatic rings. The molecule has 0 fully saturated rings. The van der Waals surface area contributed by atoms with Crippen LogP contribution in [0.5, 0.6) is 0 Å². The minimum absolute atomic E-state index is 0.500. The summed E-state index contributed by atoms with van der Waals surface area (Å²) in [5.41, 5.74) is 1.08. The van der Waals surface area contributed by atoms with Gasteiger partial charge in [-0.05, 0) is 10.8 Å². The van der Waals surface area contributed by atoms with Gasteiger partial charge in [0.15, 0.2) is 0 Å². The molecular formula is C12H28. The number of rotatable bonds is 2. The van der Waals surface area contributed by atoms with Crippen molar-refractivity contribution in [3.05, 3.63) is 0 Å². The zero-order chi connectivity index (χ0) is 10.4. The summed E-state index contributed by atoms with van der Waals surface area (Å²) in [6.07, 6.45) is 2.59. The molecule has 0 aliphatic rings. The number of hydrogen-bond donors (Lipinski definition) is 0. The van der Waals surface area contributed by atoms with Crippen LogP contribution in [0.15, 0.2) is 0 Å². The van der Waals surface area contributed by atoms with Gasteiger partial charge in [-0.2, -0.15) is 0 Å². The van der Waals surface area contributed by atoms with Gasteiger partial charge in [0.25, 0.3) is 0 Å². The lowest BCUT2D eigenvalue weighted by Gasteiger charge is -2.18. The van der Waals surface area contributed by atoms with E-state index in [1.807, 2.05) is 0 Å². The largest absolute Gasteiger partial charge is 0.0649 e. The molecule has 0 rings (SSSR count). The van der Waals surface area contributed by atoms with Crippen LogP contribution in [0.4, 0.5) is 0 Å². The van der Waals surface area contributed by atoms with E-state index in [0.717, 1.165) is 0 Å². The van der Waals surface area contributed by atoms with Crippen molar-refractivity contribution in [2.24, 2.45) is 10.8 Å². The lowest BCUT2D eigenvalue weighted by molar-refractivity contribution is 0.338. The monoisotopic (exact) mass is 172 g/mol. The zero-order valence-corrected chi connectivity index (χ0v) is 10.4. The number of hydrogen-bond acceptors (Lipinski definition) is 0. The fraction of sp³-hybridized carbons (Fsp3) is 1.00. The smallest absolute Gasteiger partial charge is 0.0359 e. The molecule has 0 aliphatic heterocycles. The van der Waals surface area contributed by atoms with Crippen LogP contribution in [0.1, 0.15) is 68.2 Å². The molecule has 0 atom stereocenters. The molecular weight excluding hydrogens is 144 g/mol. The SMILES string of the molecule is CC(C)(C)C.CCC(C)(C)CC. The maximum atomic E-state index is 2.30. The van der Waals surface area contributed by atoms with E-state index in [2.05, 4.69) is 55.4 Å². The van der Waals surface area contributed by atoms with Crippen molar-refractivity contribution < 1.29 is 0 Å². The van der Waals surface area contributed by atoms with Crippen LogP contribution in [0.25, 0.3) is 0 Å². The van der Waals surface area contributed by atoms with Gasteiger partial charge in [-0.3, -0.25) is 0 Å². The first-order chi connectivity index (χ1) is 5.12. The van der Waals surface area contributed by atoms with Crippen molar-refractivity contribution in [3.8, 4) is 0 Å². The predicted molar refractivity (Wildman–Crippen MR) is 59.5 cm³/mol. The Bertz CT molecular complexity index is 81.1.